The topological polar surface area (TPSA) is 70.8 Å². The number of carbonyl (C=O) groups is 1. The largest absolute Gasteiger partial charge is 0.487 e. The first-order valence-corrected chi connectivity index (χ1v) is 10.8. The molecule has 0 aliphatic rings. The van der Waals surface area contributed by atoms with Crippen LogP contribution >= 0.6 is 11.6 Å². The molecular weight excluding hydrogens is 430 g/mol. The van der Waals surface area contributed by atoms with E-state index in [1.54, 1.807) is 6.07 Å². The molecule has 0 saturated carbocycles. The Hall–Kier alpha value is -2.83. The maximum Gasteiger partial charge on any atom is 0.335 e. The van der Waals surface area contributed by atoms with Gasteiger partial charge in [-0.15, -0.1) is 0 Å². The maximum absolute atomic E-state index is 12.0. The third-order valence-electron chi connectivity index (χ3n) is 5.23. The Balaban J connectivity index is 1.73. The lowest BCUT2D eigenvalue weighted by molar-refractivity contribution is -0.153. The molecule has 6 nitrogen and oxygen atoms in total. The van der Waals surface area contributed by atoms with E-state index in [9.17, 15) is 4.79 Å². The van der Waals surface area contributed by atoms with E-state index in [1.807, 2.05) is 58.0 Å². The lowest BCUT2D eigenvalue weighted by atomic mass is 9.97. The molecule has 170 valence electrons. The minimum atomic E-state index is -0.628. The van der Waals surface area contributed by atoms with Crippen molar-refractivity contribution in [3.8, 4) is 17.2 Å². The molecule has 0 radical (unpaired) electrons. The summed E-state index contributed by atoms with van der Waals surface area (Å²) in [6.45, 7) is 8.42. The number of oxazole rings is 1. The summed E-state index contributed by atoms with van der Waals surface area (Å²) in [4.78, 5) is 16.6. The molecule has 3 aromatic rings. The van der Waals surface area contributed by atoms with Gasteiger partial charge in [0.25, 0.3) is 0 Å². The Morgan fingerprint density at radius 1 is 1.16 bits per heavy atom. The number of benzene rings is 2. The third kappa shape index (κ3) is 5.69. The molecule has 0 N–H and O–H groups in total. The molecule has 3 rings (SSSR count). The van der Waals surface area contributed by atoms with Gasteiger partial charge in [0.15, 0.2) is 6.10 Å². The first-order chi connectivity index (χ1) is 15.3. The molecule has 0 spiro atoms. The second-order valence-corrected chi connectivity index (χ2v) is 7.96. The van der Waals surface area contributed by atoms with Gasteiger partial charge >= 0.3 is 5.97 Å². The quantitative estimate of drug-likeness (QED) is 0.388. The molecule has 0 aliphatic carbocycles. The monoisotopic (exact) mass is 457 g/mol. The SMILES string of the molecule is CCOC(Cc1c(C)cc(OCc2nc(-c3cccc(Cl)c3)oc2C)cc1C)C(=O)OC. The van der Waals surface area contributed by atoms with Crippen LogP contribution in [0.2, 0.25) is 5.02 Å². The molecule has 0 bridgehead atoms. The number of hydrogen-bond acceptors (Lipinski definition) is 6. The van der Waals surface area contributed by atoms with Crippen LogP contribution in [0, 0.1) is 20.8 Å². The van der Waals surface area contributed by atoms with Crippen molar-refractivity contribution in [1.29, 1.82) is 0 Å². The van der Waals surface area contributed by atoms with Crippen molar-refractivity contribution in [1.82, 2.24) is 4.98 Å². The van der Waals surface area contributed by atoms with Crippen LogP contribution in [0.3, 0.4) is 0 Å². The van der Waals surface area contributed by atoms with E-state index in [2.05, 4.69) is 4.98 Å². The highest BCUT2D eigenvalue weighted by atomic mass is 35.5. The maximum atomic E-state index is 12.0. The minimum Gasteiger partial charge on any atom is -0.487 e. The standard InChI is InChI=1S/C25H28ClNO5/c1-6-30-23(25(28)29-5)13-21-15(2)10-20(11-16(21)3)31-14-22-17(4)32-24(27-22)18-8-7-9-19(26)12-18/h7-12,23H,6,13-14H2,1-5H3. The van der Waals surface area contributed by atoms with Crippen molar-refractivity contribution in [2.24, 2.45) is 0 Å². The van der Waals surface area contributed by atoms with Gasteiger partial charge in [-0.3, -0.25) is 0 Å². The van der Waals surface area contributed by atoms with Gasteiger partial charge in [-0.2, -0.15) is 0 Å². The Labute approximate surface area is 193 Å². The second kappa shape index (κ2) is 10.7. The predicted molar refractivity (Wildman–Crippen MR) is 123 cm³/mol. The van der Waals surface area contributed by atoms with Gasteiger partial charge in [0.2, 0.25) is 5.89 Å². The summed E-state index contributed by atoms with van der Waals surface area (Å²) in [6.07, 6.45) is -0.180. The van der Waals surface area contributed by atoms with Crippen LogP contribution in [0.25, 0.3) is 11.5 Å². The molecule has 1 heterocycles. The number of nitrogens with zero attached hydrogens (tertiary/aromatic N) is 1. The Kier molecular flexibility index (Phi) is 7.94. The molecule has 0 amide bonds. The van der Waals surface area contributed by atoms with Gasteiger partial charge < -0.3 is 18.6 Å². The molecule has 0 aliphatic heterocycles. The van der Waals surface area contributed by atoms with E-state index in [-0.39, 0.29) is 12.6 Å². The van der Waals surface area contributed by atoms with E-state index < -0.39 is 6.10 Å². The van der Waals surface area contributed by atoms with E-state index in [4.69, 9.17) is 30.2 Å². The van der Waals surface area contributed by atoms with E-state index in [1.165, 1.54) is 7.11 Å². The summed E-state index contributed by atoms with van der Waals surface area (Å²) in [5.41, 5.74) is 4.62. The van der Waals surface area contributed by atoms with Crippen molar-refractivity contribution in [3.63, 3.8) is 0 Å². The van der Waals surface area contributed by atoms with Crippen LogP contribution in [0.4, 0.5) is 0 Å². The van der Waals surface area contributed by atoms with Crippen LogP contribution in [-0.2, 0) is 27.3 Å². The summed E-state index contributed by atoms with van der Waals surface area (Å²) < 4.78 is 22.3. The number of ether oxygens (including phenoxy) is 3. The van der Waals surface area contributed by atoms with Crippen molar-refractivity contribution >= 4 is 17.6 Å². The van der Waals surface area contributed by atoms with Gasteiger partial charge in [0.1, 0.15) is 23.8 Å². The average Bonchev–Trinajstić information content (AvgIpc) is 3.14. The van der Waals surface area contributed by atoms with Crippen LogP contribution in [0.1, 0.15) is 35.1 Å². The van der Waals surface area contributed by atoms with E-state index in [0.29, 0.717) is 29.7 Å². The summed E-state index contributed by atoms with van der Waals surface area (Å²) in [7, 11) is 1.37. The summed E-state index contributed by atoms with van der Waals surface area (Å²) in [5.74, 6) is 1.56. The highest BCUT2D eigenvalue weighted by Crippen LogP contribution is 2.27. The highest BCUT2D eigenvalue weighted by molar-refractivity contribution is 6.30. The lowest BCUT2D eigenvalue weighted by Gasteiger charge is -2.18. The van der Waals surface area contributed by atoms with Gasteiger partial charge in [-0.05, 0) is 74.7 Å². The average molecular weight is 458 g/mol. The Bertz CT molecular complexity index is 1070. The van der Waals surface area contributed by atoms with Crippen LogP contribution in [-0.4, -0.2) is 30.8 Å². The van der Waals surface area contributed by atoms with Gasteiger partial charge in [0, 0.05) is 23.6 Å². The summed E-state index contributed by atoms with van der Waals surface area (Å²) >= 11 is 6.07. The fraction of sp³-hybridized carbons (Fsp3) is 0.360. The van der Waals surface area contributed by atoms with Gasteiger partial charge in [0.05, 0.1) is 7.11 Å². The fourth-order valence-corrected chi connectivity index (χ4v) is 3.74. The summed E-state index contributed by atoms with van der Waals surface area (Å²) in [6, 6.07) is 11.3. The normalized spacial score (nSPS) is 11.9. The minimum absolute atomic E-state index is 0.276. The molecule has 0 saturated heterocycles. The number of hydrogen-bond donors (Lipinski definition) is 0. The summed E-state index contributed by atoms with van der Waals surface area (Å²) in [5, 5.41) is 0.626. The zero-order valence-corrected chi connectivity index (χ0v) is 19.8. The van der Waals surface area contributed by atoms with E-state index in [0.717, 1.165) is 33.7 Å². The Morgan fingerprint density at radius 3 is 2.50 bits per heavy atom. The molecule has 0 fully saturated rings. The fourth-order valence-electron chi connectivity index (χ4n) is 3.55. The number of esters is 1. The number of aryl methyl sites for hydroxylation is 3. The van der Waals surface area contributed by atoms with Crippen molar-refractivity contribution in [3.05, 3.63) is 69.6 Å². The smallest absolute Gasteiger partial charge is 0.335 e. The molecular formula is C25H28ClNO5. The van der Waals surface area contributed by atoms with Crippen LogP contribution in [0.5, 0.6) is 5.75 Å². The number of carbonyl (C=O) groups excluding carboxylic acids is 1. The Morgan fingerprint density at radius 2 is 1.88 bits per heavy atom. The molecule has 1 atom stereocenters. The second-order valence-electron chi connectivity index (χ2n) is 7.53. The van der Waals surface area contributed by atoms with Crippen LogP contribution in [0.15, 0.2) is 40.8 Å². The van der Waals surface area contributed by atoms with Crippen molar-refractivity contribution in [2.45, 2.75) is 46.8 Å². The lowest BCUT2D eigenvalue weighted by Crippen LogP contribution is -2.28. The predicted octanol–water partition coefficient (Wildman–Crippen LogP) is 5.62. The molecule has 1 aromatic heterocycles. The third-order valence-corrected chi connectivity index (χ3v) is 5.47. The molecule has 32 heavy (non-hydrogen) atoms. The van der Waals surface area contributed by atoms with Gasteiger partial charge in [-0.25, -0.2) is 9.78 Å². The zero-order valence-electron chi connectivity index (χ0n) is 19.0. The van der Waals surface area contributed by atoms with Crippen LogP contribution < -0.4 is 4.74 Å². The van der Waals surface area contributed by atoms with Gasteiger partial charge in [-0.1, -0.05) is 17.7 Å². The number of aromatic nitrogens is 1. The first kappa shape index (κ1) is 23.8. The van der Waals surface area contributed by atoms with E-state index >= 15 is 0 Å². The molecule has 2 aromatic carbocycles. The van der Waals surface area contributed by atoms with Crippen molar-refractivity contribution < 1.29 is 23.4 Å². The number of rotatable bonds is 9. The number of methoxy groups -OCH3 is 1. The van der Waals surface area contributed by atoms with Crippen molar-refractivity contribution in [2.75, 3.05) is 13.7 Å². The highest BCUT2D eigenvalue weighted by Gasteiger charge is 2.22. The number of halogens is 1. The molecule has 1 unspecified atom stereocenters. The first-order valence-electron chi connectivity index (χ1n) is 10.5. The zero-order chi connectivity index (χ0) is 23.3. The molecule has 7 heteroatoms.